The van der Waals surface area contributed by atoms with Crippen molar-refractivity contribution in [2.75, 3.05) is 0 Å². The summed E-state index contributed by atoms with van der Waals surface area (Å²) in [6.07, 6.45) is 2.82. The molecule has 17 heavy (non-hydrogen) atoms. The van der Waals surface area contributed by atoms with Crippen molar-refractivity contribution in [2.24, 2.45) is 0 Å². The van der Waals surface area contributed by atoms with E-state index >= 15 is 0 Å². The van der Waals surface area contributed by atoms with Crippen molar-refractivity contribution >= 4 is 11.9 Å². The summed E-state index contributed by atoms with van der Waals surface area (Å²) in [5.41, 5.74) is 1.25. The van der Waals surface area contributed by atoms with Crippen LogP contribution in [0.15, 0.2) is 6.20 Å². The Balaban J connectivity index is 2.36. The Hall–Kier alpha value is -1.85. The first-order chi connectivity index (χ1) is 8.00. The van der Waals surface area contributed by atoms with Crippen molar-refractivity contribution in [3.05, 3.63) is 17.5 Å². The first kappa shape index (κ1) is 13.2. The van der Waals surface area contributed by atoms with Crippen LogP contribution in [0.4, 0.5) is 0 Å². The zero-order chi connectivity index (χ0) is 12.8. The maximum absolute atomic E-state index is 11.7. The zero-order valence-corrected chi connectivity index (χ0v) is 9.99. The third-order valence-corrected chi connectivity index (χ3v) is 2.48. The second-order valence-electron chi connectivity index (χ2n) is 4.07. The fourth-order valence-electron chi connectivity index (χ4n) is 1.51. The summed E-state index contributed by atoms with van der Waals surface area (Å²) in [6.45, 7) is 3.63. The Morgan fingerprint density at radius 1 is 1.59 bits per heavy atom. The number of rotatable bonds is 6. The van der Waals surface area contributed by atoms with E-state index in [9.17, 15) is 9.59 Å². The minimum absolute atomic E-state index is 0.0452. The highest BCUT2D eigenvalue weighted by atomic mass is 16.4. The van der Waals surface area contributed by atoms with Gasteiger partial charge in [0.25, 0.3) is 5.91 Å². The molecule has 0 saturated carbocycles. The number of nitrogens with zero attached hydrogens (tertiary/aromatic N) is 1. The molecule has 0 spiro atoms. The summed E-state index contributed by atoms with van der Waals surface area (Å²) in [6, 6.07) is -0.0452. The van der Waals surface area contributed by atoms with E-state index in [2.05, 4.69) is 15.5 Å². The smallest absolute Gasteiger partial charge is 0.303 e. The molecule has 1 amide bonds. The normalized spacial score (nSPS) is 12.1. The number of hydrogen-bond donors (Lipinski definition) is 3. The van der Waals surface area contributed by atoms with Crippen LogP contribution in [0, 0.1) is 6.92 Å². The molecular weight excluding hydrogens is 222 g/mol. The number of aromatic nitrogens is 2. The van der Waals surface area contributed by atoms with E-state index < -0.39 is 5.97 Å². The standard InChI is InChI=1S/C11H17N3O3/c1-7(4-3-5-10(15)16)13-11(17)9-6-12-14-8(9)2/h6-7H,3-5H2,1-2H3,(H,12,14)(H,13,17)(H,15,16). The van der Waals surface area contributed by atoms with E-state index in [0.29, 0.717) is 18.4 Å². The molecule has 0 saturated heterocycles. The number of carboxylic acid groups (broad SMARTS) is 1. The van der Waals surface area contributed by atoms with Crippen LogP contribution in [-0.4, -0.2) is 33.2 Å². The van der Waals surface area contributed by atoms with Gasteiger partial charge >= 0.3 is 5.97 Å². The summed E-state index contributed by atoms with van der Waals surface area (Å²) < 4.78 is 0. The molecule has 0 bridgehead atoms. The van der Waals surface area contributed by atoms with Gasteiger partial charge < -0.3 is 10.4 Å². The van der Waals surface area contributed by atoms with Gasteiger partial charge in [-0.05, 0) is 26.7 Å². The van der Waals surface area contributed by atoms with Crippen LogP contribution >= 0.6 is 0 Å². The van der Waals surface area contributed by atoms with E-state index in [1.54, 1.807) is 6.92 Å². The van der Waals surface area contributed by atoms with Gasteiger partial charge in [0.1, 0.15) is 0 Å². The number of carbonyl (C=O) groups excluding carboxylic acids is 1. The molecule has 3 N–H and O–H groups in total. The minimum atomic E-state index is -0.811. The summed E-state index contributed by atoms with van der Waals surface area (Å²) in [5.74, 6) is -0.992. The van der Waals surface area contributed by atoms with Crippen molar-refractivity contribution in [2.45, 2.75) is 39.2 Å². The second-order valence-corrected chi connectivity index (χ2v) is 4.07. The van der Waals surface area contributed by atoms with Gasteiger partial charge in [-0.25, -0.2) is 0 Å². The van der Waals surface area contributed by atoms with E-state index in [1.165, 1.54) is 6.20 Å². The number of hydrogen-bond acceptors (Lipinski definition) is 3. The van der Waals surface area contributed by atoms with Crippen LogP contribution in [0.5, 0.6) is 0 Å². The lowest BCUT2D eigenvalue weighted by atomic mass is 10.1. The SMILES string of the molecule is Cc1[nH]ncc1C(=O)NC(C)CCCC(=O)O. The van der Waals surface area contributed by atoms with Crippen LogP contribution in [0.1, 0.15) is 42.2 Å². The van der Waals surface area contributed by atoms with E-state index in [-0.39, 0.29) is 18.4 Å². The number of carboxylic acids is 1. The van der Waals surface area contributed by atoms with Crippen LogP contribution in [0.25, 0.3) is 0 Å². The number of aryl methyl sites for hydroxylation is 1. The Bertz CT molecular complexity index is 400. The number of H-pyrrole nitrogens is 1. The molecule has 0 fully saturated rings. The Morgan fingerprint density at radius 3 is 2.82 bits per heavy atom. The number of carbonyl (C=O) groups is 2. The molecule has 1 aromatic heterocycles. The average Bonchev–Trinajstić information content (AvgIpc) is 2.63. The molecule has 1 unspecified atom stereocenters. The van der Waals surface area contributed by atoms with E-state index in [1.807, 2.05) is 6.92 Å². The topological polar surface area (TPSA) is 95.1 Å². The van der Waals surface area contributed by atoms with Crippen molar-refractivity contribution in [1.29, 1.82) is 0 Å². The van der Waals surface area contributed by atoms with Crippen molar-refractivity contribution in [3.8, 4) is 0 Å². The third-order valence-electron chi connectivity index (χ3n) is 2.48. The molecule has 1 rings (SSSR count). The highest BCUT2D eigenvalue weighted by Gasteiger charge is 2.13. The monoisotopic (exact) mass is 239 g/mol. The molecule has 94 valence electrons. The number of nitrogens with one attached hydrogen (secondary N) is 2. The fraction of sp³-hybridized carbons (Fsp3) is 0.545. The highest BCUT2D eigenvalue weighted by Crippen LogP contribution is 2.05. The first-order valence-electron chi connectivity index (χ1n) is 5.53. The van der Waals surface area contributed by atoms with Crippen molar-refractivity contribution in [3.63, 3.8) is 0 Å². The highest BCUT2D eigenvalue weighted by molar-refractivity contribution is 5.95. The van der Waals surface area contributed by atoms with Gasteiger partial charge in [0, 0.05) is 18.2 Å². The first-order valence-corrected chi connectivity index (χ1v) is 5.53. The van der Waals surface area contributed by atoms with Gasteiger partial charge in [0.15, 0.2) is 0 Å². The van der Waals surface area contributed by atoms with Crippen molar-refractivity contribution in [1.82, 2.24) is 15.5 Å². The molecule has 0 aliphatic carbocycles. The fourth-order valence-corrected chi connectivity index (χ4v) is 1.51. The Kier molecular flexibility index (Phi) is 4.68. The molecule has 6 nitrogen and oxygen atoms in total. The van der Waals surface area contributed by atoms with Crippen LogP contribution in [0.3, 0.4) is 0 Å². The lowest BCUT2D eigenvalue weighted by Crippen LogP contribution is -2.32. The number of amides is 1. The lowest BCUT2D eigenvalue weighted by Gasteiger charge is -2.12. The van der Waals surface area contributed by atoms with Gasteiger partial charge in [-0.3, -0.25) is 14.7 Å². The summed E-state index contributed by atoms with van der Waals surface area (Å²) in [5, 5.41) is 17.8. The Morgan fingerprint density at radius 2 is 2.29 bits per heavy atom. The van der Waals surface area contributed by atoms with Crippen molar-refractivity contribution < 1.29 is 14.7 Å². The van der Waals surface area contributed by atoms with E-state index in [4.69, 9.17) is 5.11 Å². The largest absolute Gasteiger partial charge is 0.481 e. The van der Waals surface area contributed by atoms with Crippen LogP contribution in [0.2, 0.25) is 0 Å². The zero-order valence-electron chi connectivity index (χ0n) is 9.99. The Labute approximate surface area is 99.4 Å². The summed E-state index contributed by atoms with van der Waals surface area (Å²) in [4.78, 5) is 22.1. The number of aromatic amines is 1. The quantitative estimate of drug-likeness (QED) is 0.692. The minimum Gasteiger partial charge on any atom is -0.481 e. The predicted octanol–water partition coefficient (Wildman–Crippen LogP) is 1.09. The molecule has 1 atom stereocenters. The molecule has 0 aliphatic heterocycles. The van der Waals surface area contributed by atoms with Gasteiger partial charge in [0.05, 0.1) is 11.8 Å². The maximum atomic E-state index is 11.7. The maximum Gasteiger partial charge on any atom is 0.303 e. The van der Waals surface area contributed by atoms with E-state index in [0.717, 1.165) is 5.69 Å². The van der Waals surface area contributed by atoms with Gasteiger partial charge in [-0.1, -0.05) is 0 Å². The molecule has 1 heterocycles. The van der Waals surface area contributed by atoms with Crippen LogP contribution in [-0.2, 0) is 4.79 Å². The summed E-state index contributed by atoms with van der Waals surface area (Å²) in [7, 11) is 0. The van der Waals surface area contributed by atoms with Gasteiger partial charge in [0.2, 0.25) is 0 Å². The van der Waals surface area contributed by atoms with Gasteiger partial charge in [-0.2, -0.15) is 5.10 Å². The molecule has 1 aromatic rings. The molecule has 0 aliphatic rings. The second kappa shape index (κ2) is 6.03. The third kappa shape index (κ3) is 4.26. The molecule has 6 heteroatoms. The molecule has 0 aromatic carbocycles. The van der Waals surface area contributed by atoms with Gasteiger partial charge in [-0.15, -0.1) is 0 Å². The predicted molar refractivity (Wildman–Crippen MR) is 61.7 cm³/mol. The summed E-state index contributed by atoms with van der Waals surface area (Å²) >= 11 is 0. The van der Waals surface area contributed by atoms with Crippen LogP contribution < -0.4 is 5.32 Å². The average molecular weight is 239 g/mol. The molecular formula is C11H17N3O3. The number of aliphatic carboxylic acids is 1. The molecule has 0 radical (unpaired) electrons. The lowest BCUT2D eigenvalue weighted by molar-refractivity contribution is -0.137.